The van der Waals surface area contributed by atoms with Gasteiger partial charge in [0, 0.05) is 43.5 Å². The number of H-pyrrole nitrogens is 1. The fourth-order valence-electron chi connectivity index (χ4n) is 3.69. The Morgan fingerprint density at radius 3 is 2.80 bits per heavy atom. The number of carbonyl (C=O) groups is 1. The molecule has 1 aliphatic heterocycles. The van der Waals surface area contributed by atoms with Gasteiger partial charge in [0.05, 0.1) is 18.6 Å². The van der Waals surface area contributed by atoms with Gasteiger partial charge < -0.3 is 9.47 Å². The van der Waals surface area contributed by atoms with Gasteiger partial charge in [0.15, 0.2) is 5.82 Å². The summed E-state index contributed by atoms with van der Waals surface area (Å²) in [5, 5.41) is 7.22. The molecule has 4 rings (SSSR count). The molecule has 0 saturated carbocycles. The Labute approximate surface area is 174 Å². The highest BCUT2D eigenvalue weighted by Gasteiger charge is 2.39. The van der Waals surface area contributed by atoms with Crippen LogP contribution in [0.2, 0.25) is 0 Å². The van der Waals surface area contributed by atoms with Crippen molar-refractivity contribution >= 4 is 15.9 Å². The van der Waals surface area contributed by atoms with Crippen LogP contribution in [0, 0.1) is 0 Å². The molecule has 2 atom stereocenters. The number of likely N-dealkylation sites (tertiary alicyclic amines) is 1. The maximum absolute atomic E-state index is 13.0. The van der Waals surface area contributed by atoms with Crippen molar-refractivity contribution in [3.63, 3.8) is 0 Å². The molecule has 30 heavy (non-hydrogen) atoms. The van der Waals surface area contributed by atoms with Crippen molar-refractivity contribution in [1.29, 1.82) is 0 Å². The lowest BCUT2D eigenvalue weighted by Crippen LogP contribution is -2.38. The summed E-state index contributed by atoms with van der Waals surface area (Å²) in [4.78, 5) is 23.2. The molecule has 10 nitrogen and oxygen atoms in total. The third-order valence-electron chi connectivity index (χ3n) is 5.00. The SMILES string of the molecule is CS(=O)(=O)N[C@H]1C[C@@H](c2nc(-c3ccccc3)n[nH]2)N(C(=O)CCn2ccnc2)C1. The van der Waals surface area contributed by atoms with Crippen LogP contribution in [0.4, 0.5) is 0 Å². The predicted molar refractivity (Wildman–Crippen MR) is 110 cm³/mol. The van der Waals surface area contributed by atoms with Crippen molar-refractivity contribution in [3.8, 4) is 11.4 Å². The minimum Gasteiger partial charge on any atom is -0.337 e. The molecule has 2 aromatic heterocycles. The number of imidazole rings is 1. The van der Waals surface area contributed by atoms with E-state index in [0.717, 1.165) is 11.8 Å². The van der Waals surface area contributed by atoms with Crippen molar-refractivity contribution in [1.82, 2.24) is 34.4 Å². The van der Waals surface area contributed by atoms with Gasteiger partial charge in [-0.2, -0.15) is 5.10 Å². The molecule has 0 bridgehead atoms. The second kappa shape index (κ2) is 8.36. The van der Waals surface area contributed by atoms with Gasteiger partial charge in [-0.15, -0.1) is 0 Å². The highest BCUT2D eigenvalue weighted by Crippen LogP contribution is 2.32. The Bertz CT molecular complexity index is 1100. The van der Waals surface area contributed by atoms with Crippen LogP contribution in [-0.4, -0.2) is 62.8 Å². The molecule has 0 spiro atoms. The number of aryl methyl sites for hydroxylation is 1. The van der Waals surface area contributed by atoms with Gasteiger partial charge in [-0.3, -0.25) is 9.89 Å². The Morgan fingerprint density at radius 2 is 2.10 bits per heavy atom. The van der Waals surface area contributed by atoms with E-state index in [0.29, 0.717) is 24.6 Å². The summed E-state index contributed by atoms with van der Waals surface area (Å²) < 4.78 is 27.9. The molecule has 1 fully saturated rings. The van der Waals surface area contributed by atoms with Crippen LogP contribution in [-0.2, 0) is 21.4 Å². The molecule has 1 aliphatic rings. The number of benzene rings is 1. The fraction of sp³-hybridized carbons (Fsp3) is 0.368. The summed E-state index contributed by atoms with van der Waals surface area (Å²) in [7, 11) is -3.39. The van der Waals surface area contributed by atoms with Crippen molar-refractivity contribution in [2.75, 3.05) is 12.8 Å². The maximum atomic E-state index is 13.0. The number of aromatic amines is 1. The lowest BCUT2D eigenvalue weighted by molar-refractivity contribution is -0.132. The third-order valence-corrected chi connectivity index (χ3v) is 5.76. The van der Waals surface area contributed by atoms with E-state index in [1.165, 1.54) is 0 Å². The zero-order valence-electron chi connectivity index (χ0n) is 16.5. The molecule has 0 radical (unpaired) electrons. The van der Waals surface area contributed by atoms with Gasteiger partial charge in [0.25, 0.3) is 0 Å². The van der Waals surface area contributed by atoms with Gasteiger partial charge >= 0.3 is 0 Å². The average Bonchev–Trinajstić information content (AvgIpc) is 3.46. The number of aromatic nitrogens is 5. The number of nitrogens with one attached hydrogen (secondary N) is 2. The minimum atomic E-state index is -3.39. The van der Waals surface area contributed by atoms with E-state index in [2.05, 4.69) is 24.9 Å². The van der Waals surface area contributed by atoms with Crippen molar-refractivity contribution in [2.45, 2.75) is 31.5 Å². The monoisotopic (exact) mass is 429 g/mol. The maximum Gasteiger partial charge on any atom is 0.225 e. The van der Waals surface area contributed by atoms with Crippen LogP contribution in [0.25, 0.3) is 11.4 Å². The molecule has 3 aromatic rings. The Kier molecular flexibility index (Phi) is 5.64. The molecule has 11 heteroatoms. The summed E-state index contributed by atoms with van der Waals surface area (Å²) in [6, 6.07) is 8.76. The highest BCUT2D eigenvalue weighted by atomic mass is 32.2. The van der Waals surface area contributed by atoms with E-state index < -0.39 is 10.0 Å². The van der Waals surface area contributed by atoms with E-state index in [1.807, 2.05) is 34.9 Å². The van der Waals surface area contributed by atoms with Crippen molar-refractivity contribution in [3.05, 3.63) is 54.9 Å². The second-order valence-electron chi connectivity index (χ2n) is 7.35. The summed E-state index contributed by atoms with van der Waals surface area (Å²) in [5.74, 6) is 1.00. The minimum absolute atomic E-state index is 0.0795. The number of amides is 1. The molecule has 158 valence electrons. The highest BCUT2D eigenvalue weighted by molar-refractivity contribution is 7.88. The molecule has 2 N–H and O–H groups in total. The standard InChI is InChI=1S/C19H23N7O3S/c1-30(28,29)24-15-11-16(19-21-18(22-23-19)14-5-3-2-4-6-14)26(12-15)17(27)7-9-25-10-8-20-13-25/h2-6,8,10,13,15-16,24H,7,9,11-12H2,1H3,(H,21,22,23)/t15-,16-/m0/s1. The number of hydrogen-bond donors (Lipinski definition) is 2. The first-order chi connectivity index (χ1) is 14.4. The van der Waals surface area contributed by atoms with E-state index in [1.54, 1.807) is 23.6 Å². The molecule has 0 unspecified atom stereocenters. The van der Waals surface area contributed by atoms with Gasteiger partial charge in [-0.1, -0.05) is 30.3 Å². The molecular weight excluding hydrogens is 406 g/mol. The number of nitrogens with zero attached hydrogens (tertiary/aromatic N) is 5. The number of hydrogen-bond acceptors (Lipinski definition) is 6. The van der Waals surface area contributed by atoms with Crippen LogP contribution in [0.1, 0.15) is 24.7 Å². The second-order valence-corrected chi connectivity index (χ2v) is 9.13. The predicted octanol–water partition coefficient (Wildman–Crippen LogP) is 0.950. The van der Waals surface area contributed by atoms with Gasteiger partial charge in [0.2, 0.25) is 15.9 Å². The van der Waals surface area contributed by atoms with Crippen LogP contribution in [0.5, 0.6) is 0 Å². The topological polar surface area (TPSA) is 126 Å². The third kappa shape index (κ3) is 4.74. The van der Waals surface area contributed by atoms with E-state index in [9.17, 15) is 13.2 Å². The molecule has 1 amide bonds. The van der Waals surface area contributed by atoms with Crippen molar-refractivity contribution < 1.29 is 13.2 Å². The smallest absolute Gasteiger partial charge is 0.225 e. The van der Waals surface area contributed by atoms with E-state index in [-0.39, 0.29) is 31.0 Å². The first-order valence-corrected chi connectivity index (χ1v) is 11.5. The first-order valence-electron chi connectivity index (χ1n) is 9.59. The lowest BCUT2D eigenvalue weighted by atomic mass is 10.1. The van der Waals surface area contributed by atoms with Crippen LogP contribution in [0.3, 0.4) is 0 Å². The lowest BCUT2D eigenvalue weighted by Gasteiger charge is -2.23. The van der Waals surface area contributed by atoms with Crippen LogP contribution < -0.4 is 4.72 Å². The summed E-state index contributed by atoms with van der Waals surface area (Å²) in [6.45, 7) is 0.778. The fourth-order valence-corrected chi connectivity index (χ4v) is 4.46. The summed E-state index contributed by atoms with van der Waals surface area (Å²) >= 11 is 0. The normalized spacial score (nSPS) is 19.3. The van der Waals surface area contributed by atoms with Gasteiger partial charge in [0.1, 0.15) is 5.82 Å². The van der Waals surface area contributed by atoms with Crippen LogP contribution >= 0.6 is 0 Å². The van der Waals surface area contributed by atoms with E-state index >= 15 is 0 Å². The first kappa shape index (κ1) is 20.2. The molecule has 1 saturated heterocycles. The zero-order chi connectivity index (χ0) is 21.1. The van der Waals surface area contributed by atoms with E-state index in [4.69, 9.17) is 0 Å². The Morgan fingerprint density at radius 1 is 1.30 bits per heavy atom. The molecule has 1 aromatic carbocycles. The number of sulfonamides is 1. The number of rotatable bonds is 7. The summed E-state index contributed by atoms with van der Waals surface area (Å²) in [6.07, 6.45) is 6.93. The Balaban J connectivity index is 1.54. The molecule has 3 heterocycles. The largest absolute Gasteiger partial charge is 0.337 e. The quantitative estimate of drug-likeness (QED) is 0.576. The van der Waals surface area contributed by atoms with Gasteiger partial charge in [-0.25, -0.2) is 23.1 Å². The zero-order valence-corrected chi connectivity index (χ0v) is 17.3. The van der Waals surface area contributed by atoms with Crippen LogP contribution in [0.15, 0.2) is 49.1 Å². The summed E-state index contributed by atoms with van der Waals surface area (Å²) in [5.41, 5.74) is 0.863. The van der Waals surface area contributed by atoms with Gasteiger partial charge in [-0.05, 0) is 6.42 Å². The molecular formula is C19H23N7O3S. The molecule has 0 aliphatic carbocycles. The Hall–Kier alpha value is -3.05. The number of carbonyl (C=O) groups excluding carboxylic acids is 1. The average molecular weight is 430 g/mol. The van der Waals surface area contributed by atoms with Crippen molar-refractivity contribution in [2.24, 2.45) is 0 Å².